The van der Waals surface area contributed by atoms with Gasteiger partial charge in [-0.3, -0.25) is 0 Å². The largest absolute Gasteiger partial charge is 0.305 e. The molecular weight excluding hydrogens is 218 g/mol. The third kappa shape index (κ3) is 3.57. The molecule has 0 radical (unpaired) electrons. The zero-order valence-corrected chi connectivity index (χ0v) is 11.0. The van der Waals surface area contributed by atoms with Gasteiger partial charge in [-0.05, 0) is 30.8 Å². The molecule has 0 atom stereocenters. The van der Waals surface area contributed by atoms with Crippen LogP contribution in [0.25, 0.3) is 12.2 Å². The third-order valence-corrected chi connectivity index (χ3v) is 2.80. The van der Waals surface area contributed by atoms with Crippen LogP contribution in [0.4, 0.5) is 0 Å². The topological polar surface area (TPSA) is 3.24 Å². The van der Waals surface area contributed by atoms with Gasteiger partial charge in [0.15, 0.2) is 0 Å². The Morgan fingerprint density at radius 1 is 0.833 bits per heavy atom. The predicted octanol–water partition coefficient (Wildman–Crippen LogP) is 3.92. The van der Waals surface area contributed by atoms with E-state index in [0.29, 0.717) is 0 Å². The molecular formula is C17H19N. The smallest absolute Gasteiger partial charge is 0.0233 e. The third-order valence-electron chi connectivity index (χ3n) is 2.80. The fourth-order valence-electron chi connectivity index (χ4n) is 1.93. The van der Waals surface area contributed by atoms with E-state index < -0.39 is 0 Å². The van der Waals surface area contributed by atoms with E-state index in [0.717, 1.165) is 6.54 Å². The summed E-state index contributed by atoms with van der Waals surface area (Å²) in [6.07, 6.45) is 4.35. The fourth-order valence-corrected chi connectivity index (χ4v) is 1.93. The molecule has 0 bridgehead atoms. The average molecular weight is 237 g/mol. The van der Waals surface area contributed by atoms with Crippen LogP contribution in [0.3, 0.4) is 0 Å². The zero-order valence-electron chi connectivity index (χ0n) is 11.0. The van der Waals surface area contributed by atoms with Crippen molar-refractivity contribution in [2.75, 3.05) is 14.1 Å². The van der Waals surface area contributed by atoms with Crippen molar-refractivity contribution in [2.24, 2.45) is 0 Å². The first-order valence-corrected chi connectivity index (χ1v) is 6.21. The Hall–Kier alpha value is -1.86. The Bertz CT molecular complexity index is 512. The molecule has 0 spiro atoms. The minimum atomic E-state index is 0.968. The van der Waals surface area contributed by atoms with Crippen LogP contribution in [0.2, 0.25) is 0 Å². The molecule has 0 heterocycles. The van der Waals surface area contributed by atoms with E-state index in [4.69, 9.17) is 0 Å². The molecule has 0 unspecified atom stereocenters. The molecule has 0 N–H and O–H groups in total. The predicted molar refractivity (Wildman–Crippen MR) is 79.2 cm³/mol. The van der Waals surface area contributed by atoms with Gasteiger partial charge in [0.2, 0.25) is 0 Å². The summed E-state index contributed by atoms with van der Waals surface area (Å²) < 4.78 is 0. The zero-order chi connectivity index (χ0) is 12.8. The molecule has 2 aromatic rings. The van der Waals surface area contributed by atoms with E-state index in [2.05, 4.69) is 79.7 Å². The highest BCUT2D eigenvalue weighted by atomic mass is 15.0. The van der Waals surface area contributed by atoms with Gasteiger partial charge in [-0.15, -0.1) is 0 Å². The molecule has 0 aromatic heterocycles. The monoisotopic (exact) mass is 237 g/mol. The highest BCUT2D eigenvalue weighted by molar-refractivity contribution is 5.71. The molecule has 2 rings (SSSR count). The second-order valence-electron chi connectivity index (χ2n) is 4.68. The van der Waals surface area contributed by atoms with E-state index in [-0.39, 0.29) is 0 Å². The number of rotatable bonds is 4. The lowest BCUT2D eigenvalue weighted by Gasteiger charge is -2.12. The van der Waals surface area contributed by atoms with Gasteiger partial charge in [-0.2, -0.15) is 0 Å². The van der Waals surface area contributed by atoms with Gasteiger partial charge in [0.05, 0.1) is 0 Å². The first kappa shape index (κ1) is 12.6. The lowest BCUT2D eigenvalue weighted by atomic mass is 10.1. The van der Waals surface area contributed by atoms with E-state index in [9.17, 15) is 0 Å². The van der Waals surface area contributed by atoms with Crippen molar-refractivity contribution in [1.29, 1.82) is 0 Å². The maximum Gasteiger partial charge on any atom is 0.0233 e. The molecule has 2 aromatic carbocycles. The van der Waals surface area contributed by atoms with Crippen LogP contribution in [0.5, 0.6) is 0 Å². The van der Waals surface area contributed by atoms with Gasteiger partial charge in [-0.1, -0.05) is 66.7 Å². The van der Waals surface area contributed by atoms with Crippen LogP contribution in [0, 0.1) is 0 Å². The highest BCUT2D eigenvalue weighted by Gasteiger charge is 1.99. The second kappa shape index (κ2) is 6.18. The van der Waals surface area contributed by atoms with Crippen molar-refractivity contribution in [1.82, 2.24) is 4.90 Å². The first-order valence-electron chi connectivity index (χ1n) is 6.21. The van der Waals surface area contributed by atoms with Gasteiger partial charge in [0, 0.05) is 6.54 Å². The molecule has 0 aliphatic rings. The Morgan fingerprint density at radius 3 is 2.22 bits per heavy atom. The lowest BCUT2D eigenvalue weighted by molar-refractivity contribution is 0.402. The summed E-state index contributed by atoms with van der Waals surface area (Å²) in [4.78, 5) is 2.19. The minimum absolute atomic E-state index is 0.968. The highest BCUT2D eigenvalue weighted by Crippen LogP contribution is 2.14. The molecule has 92 valence electrons. The summed E-state index contributed by atoms with van der Waals surface area (Å²) >= 11 is 0. The Balaban J connectivity index is 2.21. The van der Waals surface area contributed by atoms with Crippen LogP contribution in [0.15, 0.2) is 54.6 Å². The molecule has 0 saturated carbocycles. The summed E-state index contributed by atoms with van der Waals surface area (Å²) in [5.74, 6) is 0. The van der Waals surface area contributed by atoms with E-state index >= 15 is 0 Å². The Kier molecular flexibility index (Phi) is 4.32. The average Bonchev–Trinajstić information content (AvgIpc) is 2.38. The Morgan fingerprint density at radius 2 is 1.50 bits per heavy atom. The van der Waals surface area contributed by atoms with E-state index in [1.54, 1.807) is 0 Å². The molecule has 0 aliphatic carbocycles. The van der Waals surface area contributed by atoms with Crippen molar-refractivity contribution >= 4 is 12.2 Å². The quantitative estimate of drug-likeness (QED) is 0.728. The molecule has 1 nitrogen and oxygen atoms in total. The standard InChI is InChI=1S/C17H19N/c1-18(2)14-17-11-7-6-10-16(17)13-12-15-8-4-3-5-9-15/h3-13H,14H2,1-2H3/b13-12-. The second-order valence-corrected chi connectivity index (χ2v) is 4.68. The van der Waals surface area contributed by atoms with Crippen molar-refractivity contribution < 1.29 is 0 Å². The molecule has 0 aliphatic heterocycles. The molecule has 1 heteroatoms. The fraction of sp³-hybridized carbons (Fsp3) is 0.176. The van der Waals surface area contributed by atoms with Crippen LogP contribution in [-0.4, -0.2) is 19.0 Å². The first-order chi connectivity index (χ1) is 8.75. The summed E-state index contributed by atoms with van der Waals surface area (Å²) in [6, 6.07) is 18.9. The SMILES string of the molecule is CN(C)Cc1ccccc1/C=C\c1ccccc1. The number of hydrogen-bond donors (Lipinski definition) is 0. The Labute approximate surface area is 109 Å². The van der Waals surface area contributed by atoms with E-state index in [1.807, 2.05) is 6.07 Å². The minimum Gasteiger partial charge on any atom is -0.305 e. The maximum atomic E-state index is 2.19. The molecule has 0 fully saturated rings. The summed E-state index contributed by atoms with van der Waals surface area (Å²) in [5.41, 5.74) is 3.88. The van der Waals surface area contributed by atoms with Crippen LogP contribution >= 0.6 is 0 Å². The van der Waals surface area contributed by atoms with Gasteiger partial charge in [0.25, 0.3) is 0 Å². The van der Waals surface area contributed by atoms with Crippen LogP contribution in [0.1, 0.15) is 16.7 Å². The van der Waals surface area contributed by atoms with Crippen LogP contribution < -0.4 is 0 Å². The molecule has 0 saturated heterocycles. The molecule has 0 amide bonds. The van der Waals surface area contributed by atoms with E-state index in [1.165, 1.54) is 16.7 Å². The van der Waals surface area contributed by atoms with Gasteiger partial charge in [0.1, 0.15) is 0 Å². The summed E-state index contributed by atoms with van der Waals surface area (Å²) in [7, 11) is 4.19. The van der Waals surface area contributed by atoms with Gasteiger partial charge < -0.3 is 4.90 Å². The number of nitrogens with zero attached hydrogens (tertiary/aromatic N) is 1. The van der Waals surface area contributed by atoms with Gasteiger partial charge >= 0.3 is 0 Å². The van der Waals surface area contributed by atoms with Crippen LogP contribution in [-0.2, 0) is 6.54 Å². The lowest BCUT2D eigenvalue weighted by Crippen LogP contribution is -2.11. The van der Waals surface area contributed by atoms with Crippen molar-refractivity contribution in [3.63, 3.8) is 0 Å². The number of hydrogen-bond acceptors (Lipinski definition) is 1. The summed E-state index contributed by atoms with van der Waals surface area (Å²) in [6.45, 7) is 0.968. The molecule has 18 heavy (non-hydrogen) atoms. The normalized spacial score (nSPS) is 11.3. The van der Waals surface area contributed by atoms with Crippen molar-refractivity contribution in [3.8, 4) is 0 Å². The van der Waals surface area contributed by atoms with Crippen molar-refractivity contribution in [3.05, 3.63) is 71.3 Å². The van der Waals surface area contributed by atoms with Gasteiger partial charge in [-0.25, -0.2) is 0 Å². The summed E-state index contributed by atoms with van der Waals surface area (Å²) in [5, 5.41) is 0. The number of benzene rings is 2. The maximum absolute atomic E-state index is 2.19. The van der Waals surface area contributed by atoms with Crippen molar-refractivity contribution in [2.45, 2.75) is 6.54 Å².